The molecule has 0 aliphatic heterocycles. The fourth-order valence-corrected chi connectivity index (χ4v) is 2.73. The van der Waals surface area contributed by atoms with Crippen LogP contribution in [0.25, 0.3) is 11.0 Å². The van der Waals surface area contributed by atoms with Crippen LogP contribution in [-0.2, 0) is 19.5 Å². The molecule has 2 aromatic carbocycles. The molecule has 0 atom stereocenters. The van der Waals surface area contributed by atoms with Crippen LogP contribution < -0.4 is 5.62 Å². The van der Waals surface area contributed by atoms with E-state index in [1.807, 2.05) is 18.2 Å². The molecule has 3 aromatic rings. The molecule has 0 aliphatic rings. The van der Waals surface area contributed by atoms with Gasteiger partial charge in [-0.05, 0) is 31.0 Å². The third-order valence-corrected chi connectivity index (χ3v) is 3.76. The van der Waals surface area contributed by atoms with Gasteiger partial charge in [0, 0.05) is 13.1 Å². The summed E-state index contributed by atoms with van der Waals surface area (Å²) < 4.78 is 4.16. The summed E-state index contributed by atoms with van der Waals surface area (Å²) in [6.07, 6.45) is 0.953. The lowest BCUT2D eigenvalue weighted by atomic mass is 10.1. The Morgan fingerprint density at radius 3 is 2.10 bits per heavy atom. The van der Waals surface area contributed by atoms with E-state index in [1.165, 1.54) is 5.56 Å². The molecule has 0 saturated carbocycles. The average molecular weight is 265 g/mol. The average Bonchev–Trinajstić information content (AvgIpc) is 2.77. The minimum absolute atomic E-state index is 0.588. The molecule has 102 valence electrons. The van der Waals surface area contributed by atoms with Crippen molar-refractivity contribution in [3.8, 4) is 0 Å². The van der Waals surface area contributed by atoms with Crippen molar-refractivity contribution in [3.05, 3.63) is 65.8 Å². The van der Waals surface area contributed by atoms with Gasteiger partial charge in [0.2, 0.25) is 5.62 Å². The molecule has 0 spiro atoms. The molecule has 0 radical (unpaired) electrons. The predicted octanol–water partition coefficient (Wildman–Crippen LogP) is 3.18. The summed E-state index contributed by atoms with van der Waals surface area (Å²) in [5, 5.41) is 8.37. The Morgan fingerprint density at radius 1 is 0.850 bits per heavy atom. The normalized spacial score (nSPS) is 11.1. The van der Waals surface area contributed by atoms with Crippen molar-refractivity contribution in [2.24, 2.45) is 0 Å². The van der Waals surface area contributed by atoms with E-state index in [1.54, 1.807) is 0 Å². The summed E-state index contributed by atoms with van der Waals surface area (Å²) in [7, 11) is 0. The lowest BCUT2D eigenvalue weighted by Gasteiger charge is -2.04. The molecule has 1 heterocycles. The first kappa shape index (κ1) is 12.7. The minimum Gasteiger partial charge on any atom is -0.311 e. The molecule has 3 rings (SSSR count). The van der Waals surface area contributed by atoms with Gasteiger partial charge in [0.1, 0.15) is 0 Å². The van der Waals surface area contributed by atoms with Gasteiger partial charge in [-0.15, -0.1) is 0 Å². The van der Waals surface area contributed by atoms with E-state index < -0.39 is 0 Å². The summed E-state index contributed by atoms with van der Waals surface area (Å²) >= 11 is 0. The summed E-state index contributed by atoms with van der Waals surface area (Å²) in [4.78, 5) is 0. The van der Waals surface area contributed by atoms with Crippen molar-refractivity contribution in [1.82, 2.24) is 9.13 Å². The Hall–Kier alpha value is -2.29. The van der Waals surface area contributed by atoms with Gasteiger partial charge >= 0.3 is 0 Å². The van der Waals surface area contributed by atoms with Crippen LogP contribution in [0.3, 0.4) is 0 Å². The van der Waals surface area contributed by atoms with Gasteiger partial charge in [0.15, 0.2) is 0 Å². The summed E-state index contributed by atoms with van der Waals surface area (Å²) in [6, 6.07) is 18.7. The zero-order valence-corrected chi connectivity index (χ0v) is 11.7. The number of rotatable bonds is 4. The zero-order chi connectivity index (χ0) is 13.9. The van der Waals surface area contributed by atoms with Crippen molar-refractivity contribution in [3.63, 3.8) is 0 Å². The number of fused-ring (bicyclic) bond motifs is 1. The number of hydrogen-bond donors (Lipinski definition) is 1. The fraction of sp³-hybridized carbons (Fsp3) is 0.235. The smallest absolute Gasteiger partial charge is 0.202 e. The Kier molecular flexibility index (Phi) is 3.42. The van der Waals surface area contributed by atoms with Gasteiger partial charge in [0.05, 0.1) is 11.0 Å². The number of imidazole rings is 1. The standard InChI is InChI=1S/C17H19N3/c1-2-19-15-10-6-7-11-16(15)20(17(19)18)13-12-14-8-4-3-5-9-14/h3-11,18H,2,12-13H2,1H3. The summed E-state index contributed by atoms with van der Waals surface area (Å²) in [6.45, 7) is 3.76. The molecule has 0 aliphatic carbocycles. The molecule has 1 aromatic heterocycles. The highest BCUT2D eigenvalue weighted by atomic mass is 15.2. The Morgan fingerprint density at radius 2 is 1.45 bits per heavy atom. The van der Waals surface area contributed by atoms with Crippen LogP contribution in [0.5, 0.6) is 0 Å². The zero-order valence-electron chi connectivity index (χ0n) is 11.7. The van der Waals surface area contributed by atoms with Crippen LogP contribution in [0.2, 0.25) is 0 Å². The molecule has 3 heteroatoms. The molecular weight excluding hydrogens is 246 g/mol. The topological polar surface area (TPSA) is 33.7 Å². The van der Waals surface area contributed by atoms with Crippen molar-refractivity contribution in [2.45, 2.75) is 26.4 Å². The number of benzene rings is 2. The number of nitrogens with one attached hydrogen (secondary N) is 1. The quantitative estimate of drug-likeness (QED) is 0.752. The number of para-hydroxylation sites is 2. The maximum atomic E-state index is 8.37. The van der Waals surface area contributed by atoms with Crippen LogP contribution >= 0.6 is 0 Å². The first-order chi connectivity index (χ1) is 9.81. The van der Waals surface area contributed by atoms with E-state index in [0.717, 1.165) is 30.5 Å². The lowest BCUT2D eigenvalue weighted by molar-refractivity contribution is 0.612. The van der Waals surface area contributed by atoms with Crippen molar-refractivity contribution in [2.75, 3.05) is 0 Å². The van der Waals surface area contributed by atoms with Crippen LogP contribution in [0.15, 0.2) is 54.6 Å². The predicted molar refractivity (Wildman–Crippen MR) is 81.6 cm³/mol. The molecular formula is C17H19N3. The lowest BCUT2D eigenvalue weighted by Crippen LogP contribution is -2.24. The highest BCUT2D eigenvalue weighted by Crippen LogP contribution is 2.13. The Labute approximate surface area is 118 Å². The maximum Gasteiger partial charge on any atom is 0.202 e. The third kappa shape index (κ3) is 2.16. The molecule has 20 heavy (non-hydrogen) atoms. The van der Waals surface area contributed by atoms with Gasteiger partial charge in [-0.1, -0.05) is 42.5 Å². The Balaban J connectivity index is 1.99. The highest BCUT2D eigenvalue weighted by Gasteiger charge is 2.08. The van der Waals surface area contributed by atoms with Crippen LogP contribution in [0, 0.1) is 5.41 Å². The van der Waals surface area contributed by atoms with Gasteiger partial charge in [-0.25, -0.2) is 0 Å². The molecule has 1 N–H and O–H groups in total. The SMILES string of the molecule is CCn1c(=N)n(CCc2ccccc2)c2ccccc21. The van der Waals surface area contributed by atoms with E-state index in [2.05, 4.69) is 52.5 Å². The second kappa shape index (κ2) is 5.37. The second-order valence-corrected chi connectivity index (χ2v) is 4.94. The second-order valence-electron chi connectivity index (χ2n) is 4.94. The van der Waals surface area contributed by atoms with Gasteiger partial charge < -0.3 is 9.13 Å². The van der Waals surface area contributed by atoms with Gasteiger partial charge in [-0.3, -0.25) is 5.41 Å². The summed E-state index contributed by atoms with van der Waals surface area (Å²) in [5.41, 5.74) is 4.20. The van der Waals surface area contributed by atoms with Crippen LogP contribution in [0.1, 0.15) is 12.5 Å². The molecule has 0 saturated heterocycles. The van der Waals surface area contributed by atoms with Crippen molar-refractivity contribution in [1.29, 1.82) is 5.41 Å². The molecule has 0 amide bonds. The molecule has 0 fully saturated rings. The maximum absolute atomic E-state index is 8.37. The Bertz CT molecular complexity index is 766. The van der Waals surface area contributed by atoms with E-state index in [-0.39, 0.29) is 0 Å². The van der Waals surface area contributed by atoms with E-state index in [0.29, 0.717) is 5.62 Å². The van der Waals surface area contributed by atoms with E-state index >= 15 is 0 Å². The molecule has 0 unspecified atom stereocenters. The highest BCUT2D eigenvalue weighted by molar-refractivity contribution is 5.75. The number of aryl methyl sites for hydroxylation is 3. The third-order valence-electron chi connectivity index (χ3n) is 3.76. The van der Waals surface area contributed by atoms with Crippen molar-refractivity contribution < 1.29 is 0 Å². The largest absolute Gasteiger partial charge is 0.311 e. The molecule has 0 bridgehead atoms. The van der Waals surface area contributed by atoms with Crippen molar-refractivity contribution >= 4 is 11.0 Å². The van der Waals surface area contributed by atoms with Gasteiger partial charge in [-0.2, -0.15) is 0 Å². The molecule has 3 nitrogen and oxygen atoms in total. The van der Waals surface area contributed by atoms with E-state index in [4.69, 9.17) is 5.41 Å². The van der Waals surface area contributed by atoms with E-state index in [9.17, 15) is 0 Å². The first-order valence-corrected chi connectivity index (χ1v) is 7.08. The summed E-state index contributed by atoms with van der Waals surface area (Å²) in [5.74, 6) is 0. The number of nitrogens with zero attached hydrogens (tertiary/aromatic N) is 2. The monoisotopic (exact) mass is 265 g/mol. The van der Waals surface area contributed by atoms with Crippen LogP contribution in [-0.4, -0.2) is 9.13 Å². The first-order valence-electron chi connectivity index (χ1n) is 7.08. The van der Waals surface area contributed by atoms with Crippen LogP contribution in [0.4, 0.5) is 0 Å². The number of aromatic nitrogens is 2. The minimum atomic E-state index is 0.588. The fourth-order valence-electron chi connectivity index (χ4n) is 2.73. The van der Waals surface area contributed by atoms with Gasteiger partial charge in [0.25, 0.3) is 0 Å². The number of hydrogen-bond acceptors (Lipinski definition) is 1.